The molecule has 0 heterocycles. The third-order valence-corrected chi connectivity index (χ3v) is 6.09. The summed E-state index contributed by atoms with van der Waals surface area (Å²) in [5.41, 5.74) is -0.693. The smallest absolute Gasteiger partial charge is 0.271 e. The number of sulfonamides is 1. The van der Waals surface area contributed by atoms with Gasteiger partial charge in [-0.2, -0.15) is 0 Å². The summed E-state index contributed by atoms with van der Waals surface area (Å²) in [6.45, 7) is -0.801. The van der Waals surface area contributed by atoms with Crippen LogP contribution in [0.2, 0.25) is 15.1 Å². The van der Waals surface area contributed by atoms with Crippen molar-refractivity contribution in [3.8, 4) is 0 Å². The van der Waals surface area contributed by atoms with Crippen molar-refractivity contribution in [2.75, 3.05) is 10.8 Å². The van der Waals surface area contributed by atoms with Crippen molar-refractivity contribution < 1.29 is 18.1 Å². The molecule has 0 saturated heterocycles. The molecular weight excluding hydrogens is 450 g/mol. The van der Waals surface area contributed by atoms with E-state index in [1.165, 1.54) is 12.1 Å². The van der Waals surface area contributed by atoms with Crippen LogP contribution in [0, 0.1) is 10.1 Å². The standard InChI is InChI=1S/C14H8Cl4N2O5S/c15-10-4-2-9(6-12(10)17)26(24,25)19(7-14(18)21)13-5-8(20(22)23)1-3-11(13)16/h1-6H,7H2. The number of non-ortho nitro benzene ring substituents is 1. The molecule has 0 aliphatic carbocycles. The van der Waals surface area contributed by atoms with Crippen LogP contribution in [0.3, 0.4) is 0 Å². The number of nitrogens with zero attached hydrogens (tertiary/aromatic N) is 2. The molecule has 12 heteroatoms. The van der Waals surface area contributed by atoms with Crippen LogP contribution in [0.15, 0.2) is 41.3 Å². The van der Waals surface area contributed by atoms with Crippen LogP contribution in [0.25, 0.3) is 0 Å². The van der Waals surface area contributed by atoms with Crippen LogP contribution in [-0.2, 0) is 14.8 Å². The molecule has 0 atom stereocenters. The second-order valence-electron chi connectivity index (χ2n) is 4.84. The van der Waals surface area contributed by atoms with Crippen molar-refractivity contribution in [3.05, 3.63) is 61.6 Å². The number of benzene rings is 2. The van der Waals surface area contributed by atoms with E-state index in [2.05, 4.69) is 0 Å². The number of nitro groups is 1. The van der Waals surface area contributed by atoms with Crippen molar-refractivity contribution in [2.24, 2.45) is 0 Å². The minimum absolute atomic E-state index is 0.0324. The summed E-state index contributed by atoms with van der Waals surface area (Å²) in [4.78, 5) is 21.3. The predicted molar refractivity (Wildman–Crippen MR) is 100.0 cm³/mol. The predicted octanol–water partition coefficient (Wildman–Crippen LogP) is 4.52. The lowest BCUT2D eigenvalue weighted by Gasteiger charge is -2.24. The van der Waals surface area contributed by atoms with E-state index in [-0.39, 0.29) is 25.7 Å². The largest absolute Gasteiger partial charge is 0.279 e. The number of anilines is 1. The summed E-state index contributed by atoms with van der Waals surface area (Å²) in [7, 11) is -4.38. The zero-order chi connectivity index (χ0) is 19.6. The van der Waals surface area contributed by atoms with Gasteiger partial charge in [-0.05, 0) is 35.9 Å². The Labute approximate surface area is 168 Å². The lowest BCUT2D eigenvalue weighted by atomic mass is 10.3. The minimum Gasteiger partial charge on any atom is -0.279 e. The van der Waals surface area contributed by atoms with Crippen LogP contribution in [-0.4, -0.2) is 25.1 Å². The third-order valence-electron chi connectivity index (χ3n) is 3.16. The maximum Gasteiger partial charge on any atom is 0.271 e. The molecule has 0 aliphatic rings. The van der Waals surface area contributed by atoms with E-state index < -0.39 is 32.4 Å². The van der Waals surface area contributed by atoms with E-state index in [9.17, 15) is 23.3 Å². The molecule has 0 amide bonds. The van der Waals surface area contributed by atoms with E-state index >= 15 is 0 Å². The summed E-state index contributed by atoms with van der Waals surface area (Å²) in [6, 6.07) is 6.67. The normalized spacial score (nSPS) is 11.2. The van der Waals surface area contributed by atoms with Crippen molar-refractivity contribution in [1.82, 2.24) is 0 Å². The van der Waals surface area contributed by atoms with Crippen molar-refractivity contribution in [3.63, 3.8) is 0 Å². The Morgan fingerprint density at radius 2 is 1.65 bits per heavy atom. The molecule has 0 aromatic heterocycles. The summed E-state index contributed by atoms with van der Waals surface area (Å²) in [5.74, 6) is 0. The van der Waals surface area contributed by atoms with Crippen molar-refractivity contribution in [1.29, 1.82) is 0 Å². The Morgan fingerprint density at radius 1 is 1.04 bits per heavy atom. The van der Waals surface area contributed by atoms with Gasteiger partial charge in [0.05, 0.1) is 30.6 Å². The molecule has 0 saturated carbocycles. The van der Waals surface area contributed by atoms with Gasteiger partial charge in [0.25, 0.3) is 15.7 Å². The second-order valence-corrected chi connectivity index (χ2v) is 8.34. The first kappa shape index (κ1) is 20.7. The summed E-state index contributed by atoms with van der Waals surface area (Å²) in [6.07, 6.45) is 0. The van der Waals surface area contributed by atoms with Gasteiger partial charge in [0.15, 0.2) is 0 Å². The molecular formula is C14H8Cl4N2O5S. The number of nitro benzene ring substituents is 1. The highest BCUT2D eigenvalue weighted by molar-refractivity contribution is 7.92. The van der Waals surface area contributed by atoms with Gasteiger partial charge in [0, 0.05) is 12.1 Å². The van der Waals surface area contributed by atoms with Crippen LogP contribution in [0.4, 0.5) is 11.4 Å². The highest BCUT2D eigenvalue weighted by Gasteiger charge is 2.30. The molecule has 26 heavy (non-hydrogen) atoms. The highest BCUT2D eigenvalue weighted by atomic mass is 35.5. The van der Waals surface area contributed by atoms with Gasteiger partial charge in [0.1, 0.15) is 6.54 Å². The number of carbonyl (C=O) groups is 1. The lowest BCUT2D eigenvalue weighted by molar-refractivity contribution is -0.384. The molecule has 0 N–H and O–H groups in total. The lowest BCUT2D eigenvalue weighted by Crippen LogP contribution is -2.34. The molecule has 0 bridgehead atoms. The van der Waals surface area contributed by atoms with Gasteiger partial charge in [-0.1, -0.05) is 34.8 Å². The van der Waals surface area contributed by atoms with E-state index in [0.717, 1.165) is 24.3 Å². The fourth-order valence-corrected chi connectivity index (χ4v) is 4.26. The first-order valence-corrected chi connectivity index (χ1v) is 9.59. The molecule has 138 valence electrons. The molecule has 0 aliphatic heterocycles. The molecule has 0 unspecified atom stereocenters. The molecule has 0 spiro atoms. The number of rotatable bonds is 6. The topological polar surface area (TPSA) is 97.6 Å². The second kappa shape index (κ2) is 7.98. The minimum atomic E-state index is -4.38. The molecule has 0 fully saturated rings. The van der Waals surface area contributed by atoms with E-state index in [0.29, 0.717) is 4.31 Å². The maximum atomic E-state index is 13.0. The quantitative estimate of drug-likeness (QED) is 0.361. The number of hydrogen-bond acceptors (Lipinski definition) is 5. The molecule has 2 aromatic carbocycles. The Balaban J connectivity index is 2.67. The number of carbonyl (C=O) groups excluding carboxylic acids is 1. The average molecular weight is 458 g/mol. The summed E-state index contributed by atoms with van der Waals surface area (Å²) in [5, 5.41) is 9.93. The van der Waals surface area contributed by atoms with E-state index in [1.54, 1.807) is 0 Å². The fourth-order valence-electron chi connectivity index (χ4n) is 1.98. The van der Waals surface area contributed by atoms with Gasteiger partial charge in [-0.15, -0.1) is 0 Å². The van der Waals surface area contributed by atoms with E-state index in [1.807, 2.05) is 0 Å². The van der Waals surface area contributed by atoms with Crippen LogP contribution in [0.1, 0.15) is 0 Å². The molecule has 0 radical (unpaired) electrons. The van der Waals surface area contributed by atoms with Crippen molar-refractivity contribution in [2.45, 2.75) is 4.90 Å². The third kappa shape index (κ3) is 4.39. The van der Waals surface area contributed by atoms with Gasteiger partial charge < -0.3 is 0 Å². The monoisotopic (exact) mass is 456 g/mol. The summed E-state index contributed by atoms with van der Waals surface area (Å²) < 4.78 is 26.5. The zero-order valence-electron chi connectivity index (χ0n) is 12.5. The first-order valence-electron chi connectivity index (χ1n) is 6.64. The van der Waals surface area contributed by atoms with Gasteiger partial charge >= 0.3 is 0 Å². The molecule has 2 aromatic rings. The van der Waals surface area contributed by atoms with Crippen LogP contribution in [0.5, 0.6) is 0 Å². The Bertz CT molecular complexity index is 997. The molecule has 2 rings (SSSR count). The maximum absolute atomic E-state index is 13.0. The fraction of sp³-hybridized carbons (Fsp3) is 0.0714. The van der Waals surface area contributed by atoms with E-state index in [4.69, 9.17) is 46.4 Å². The molecule has 7 nitrogen and oxygen atoms in total. The Hall–Kier alpha value is -1.58. The first-order chi connectivity index (χ1) is 12.0. The average Bonchev–Trinajstić information content (AvgIpc) is 2.55. The Kier molecular flexibility index (Phi) is 6.36. The van der Waals surface area contributed by atoms with Gasteiger partial charge in [-0.25, -0.2) is 8.42 Å². The SMILES string of the molecule is O=C(Cl)CN(c1cc([N+](=O)[O-])ccc1Cl)S(=O)(=O)c1ccc(Cl)c(Cl)c1. The van der Waals surface area contributed by atoms with Crippen molar-refractivity contribution >= 4 is 73.0 Å². The van der Waals surface area contributed by atoms with Gasteiger partial charge in [-0.3, -0.25) is 19.2 Å². The van der Waals surface area contributed by atoms with Gasteiger partial charge in [0.2, 0.25) is 5.24 Å². The number of hydrogen-bond donors (Lipinski definition) is 0. The van der Waals surface area contributed by atoms with Crippen LogP contribution >= 0.6 is 46.4 Å². The highest BCUT2D eigenvalue weighted by Crippen LogP contribution is 2.35. The Morgan fingerprint density at radius 3 is 2.19 bits per heavy atom. The number of halogens is 4. The summed E-state index contributed by atoms with van der Waals surface area (Å²) >= 11 is 23.0. The zero-order valence-corrected chi connectivity index (χ0v) is 16.4. The van der Waals surface area contributed by atoms with Crippen LogP contribution < -0.4 is 4.31 Å².